The second kappa shape index (κ2) is 5.83. The number of nitrogens with one attached hydrogen (secondary N) is 1. The Kier molecular flexibility index (Phi) is 4.14. The normalized spacial score (nSPS) is 11.0. The Hall–Kier alpha value is -2.21. The zero-order valence-electron chi connectivity index (χ0n) is 11.8. The minimum Gasteiger partial charge on any atom is -0.309 e. The molecule has 0 amide bonds. The molecule has 0 radical (unpaired) electrons. The van der Waals surface area contributed by atoms with Crippen molar-refractivity contribution in [3.05, 3.63) is 51.8 Å². The molecule has 2 aromatic rings. The number of benzene rings is 1. The summed E-state index contributed by atoms with van der Waals surface area (Å²) in [6.45, 7) is 6.66. The number of hydrogen-bond donors (Lipinski definition) is 1. The first kappa shape index (κ1) is 14.2. The molecule has 0 unspecified atom stereocenters. The Labute approximate surface area is 117 Å². The summed E-state index contributed by atoms with van der Waals surface area (Å²) >= 11 is 0. The zero-order valence-corrected chi connectivity index (χ0v) is 11.8. The first-order valence-corrected chi connectivity index (χ1v) is 6.50. The molecule has 2 rings (SSSR count). The van der Waals surface area contributed by atoms with Gasteiger partial charge in [0.05, 0.1) is 10.6 Å². The Balaban J connectivity index is 2.32. The molecule has 1 N–H and O–H groups in total. The van der Waals surface area contributed by atoms with Crippen LogP contribution in [0.1, 0.15) is 25.1 Å². The van der Waals surface area contributed by atoms with E-state index in [2.05, 4.69) is 24.3 Å². The summed E-state index contributed by atoms with van der Waals surface area (Å²) in [5.74, 6) is 0. The molecule has 0 atom stereocenters. The lowest BCUT2D eigenvalue weighted by Gasteiger charge is -2.06. The highest BCUT2D eigenvalue weighted by Gasteiger charge is 2.16. The largest absolute Gasteiger partial charge is 0.309 e. The molecular formula is C14H18N4O2. The van der Waals surface area contributed by atoms with Crippen molar-refractivity contribution in [1.29, 1.82) is 0 Å². The summed E-state index contributed by atoms with van der Waals surface area (Å²) in [5.41, 5.74) is 2.37. The van der Waals surface area contributed by atoms with Gasteiger partial charge in [0.2, 0.25) is 0 Å². The van der Waals surface area contributed by atoms with E-state index in [1.165, 1.54) is 6.07 Å². The van der Waals surface area contributed by atoms with Gasteiger partial charge in [-0.25, -0.2) is 4.68 Å². The lowest BCUT2D eigenvalue weighted by molar-refractivity contribution is -0.384. The summed E-state index contributed by atoms with van der Waals surface area (Å²) in [7, 11) is 0. The van der Waals surface area contributed by atoms with Gasteiger partial charge in [0.1, 0.15) is 5.69 Å². The number of aromatic nitrogens is 2. The van der Waals surface area contributed by atoms with Crippen molar-refractivity contribution < 1.29 is 4.92 Å². The van der Waals surface area contributed by atoms with E-state index in [1.807, 2.05) is 13.0 Å². The van der Waals surface area contributed by atoms with Crippen molar-refractivity contribution in [2.45, 2.75) is 33.4 Å². The van der Waals surface area contributed by atoms with E-state index in [1.54, 1.807) is 23.0 Å². The molecule has 0 aliphatic rings. The Bertz CT molecular complexity index is 619. The SMILES string of the molecule is Cc1ccc([N+](=O)[O-])c(-n2ccc(CNC(C)C)n2)c1. The molecule has 1 aromatic heterocycles. The molecule has 106 valence electrons. The molecule has 0 aliphatic carbocycles. The zero-order chi connectivity index (χ0) is 14.7. The topological polar surface area (TPSA) is 73.0 Å². The van der Waals surface area contributed by atoms with Gasteiger partial charge in [-0.3, -0.25) is 10.1 Å². The van der Waals surface area contributed by atoms with Crippen LogP contribution in [0.5, 0.6) is 0 Å². The molecule has 0 aliphatic heterocycles. The predicted octanol–water partition coefficient (Wildman–Crippen LogP) is 2.59. The summed E-state index contributed by atoms with van der Waals surface area (Å²) in [4.78, 5) is 10.7. The summed E-state index contributed by atoms with van der Waals surface area (Å²) < 4.78 is 1.56. The fraction of sp³-hybridized carbons (Fsp3) is 0.357. The average Bonchev–Trinajstić information content (AvgIpc) is 2.84. The minimum absolute atomic E-state index is 0.0575. The maximum atomic E-state index is 11.1. The van der Waals surface area contributed by atoms with Crippen molar-refractivity contribution in [2.24, 2.45) is 0 Å². The molecule has 6 heteroatoms. The molecule has 0 spiro atoms. The van der Waals surface area contributed by atoms with Crippen LogP contribution in [0.4, 0.5) is 5.69 Å². The van der Waals surface area contributed by atoms with E-state index in [0.29, 0.717) is 18.3 Å². The van der Waals surface area contributed by atoms with Crippen LogP contribution in [0.25, 0.3) is 5.69 Å². The number of nitro benzene ring substituents is 1. The number of aryl methyl sites for hydroxylation is 1. The minimum atomic E-state index is -0.386. The molecule has 0 saturated carbocycles. The van der Waals surface area contributed by atoms with Crippen LogP contribution in [-0.4, -0.2) is 20.7 Å². The lowest BCUT2D eigenvalue weighted by Crippen LogP contribution is -2.22. The van der Waals surface area contributed by atoms with Gasteiger partial charge in [0.25, 0.3) is 5.69 Å². The maximum absolute atomic E-state index is 11.1. The summed E-state index contributed by atoms with van der Waals surface area (Å²) in [5, 5.41) is 18.7. The van der Waals surface area contributed by atoms with E-state index in [4.69, 9.17) is 0 Å². The van der Waals surface area contributed by atoms with E-state index in [-0.39, 0.29) is 10.6 Å². The fourth-order valence-corrected chi connectivity index (χ4v) is 1.87. The second-order valence-electron chi connectivity index (χ2n) is 5.04. The van der Waals surface area contributed by atoms with E-state index < -0.39 is 0 Å². The van der Waals surface area contributed by atoms with E-state index in [0.717, 1.165) is 11.3 Å². The van der Waals surface area contributed by atoms with Crippen molar-refractivity contribution in [3.63, 3.8) is 0 Å². The van der Waals surface area contributed by atoms with Crippen molar-refractivity contribution in [1.82, 2.24) is 15.1 Å². The van der Waals surface area contributed by atoms with Gasteiger partial charge in [-0.05, 0) is 24.6 Å². The first-order valence-electron chi connectivity index (χ1n) is 6.50. The highest BCUT2D eigenvalue weighted by molar-refractivity contribution is 5.53. The van der Waals surface area contributed by atoms with Crippen LogP contribution in [0, 0.1) is 17.0 Å². The molecule has 20 heavy (non-hydrogen) atoms. The molecule has 1 aromatic carbocycles. The highest BCUT2D eigenvalue weighted by Crippen LogP contribution is 2.23. The second-order valence-corrected chi connectivity index (χ2v) is 5.04. The van der Waals surface area contributed by atoms with Crippen LogP contribution < -0.4 is 5.32 Å². The number of rotatable bonds is 5. The van der Waals surface area contributed by atoms with Gasteiger partial charge in [-0.15, -0.1) is 0 Å². The van der Waals surface area contributed by atoms with E-state index in [9.17, 15) is 10.1 Å². The third-order valence-electron chi connectivity index (χ3n) is 2.91. The highest BCUT2D eigenvalue weighted by atomic mass is 16.6. The van der Waals surface area contributed by atoms with Crippen LogP contribution in [-0.2, 0) is 6.54 Å². The monoisotopic (exact) mass is 274 g/mol. The van der Waals surface area contributed by atoms with Gasteiger partial charge in [0.15, 0.2) is 0 Å². The van der Waals surface area contributed by atoms with Crippen molar-refractivity contribution in [2.75, 3.05) is 0 Å². The molecule has 0 fully saturated rings. The molecule has 0 saturated heterocycles. The fourth-order valence-electron chi connectivity index (χ4n) is 1.87. The van der Waals surface area contributed by atoms with Gasteiger partial charge < -0.3 is 5.32 Å². The van der Waals surface area contributed by atoms with Crippen LogP contribution in [0.3, 0.4) is 0 Å². The third-order valence-corrected chi connectivity index (χ3v) is 2.91. The lowest BCUT2D eigenvalue weighted by atomic mass is 10.2. The Morgan fingerprint density at radius 1 is 1.40 bits per heavy atom. The number of nitrogens with zero attached hydrogens (tertiary/aromatic N) is 3. The van der Waals surface area contributed by atoms with Gasteiger partial charge in [-0.1, -0.05) is 19.9 Å². The number of nitro groups is 1. The van der Waals surface area contributed by atoms with Crippen LogP contribution in [0.15, 0.2) is 30.5 Å². The molecule has 1 heterocycles. The Morgan fingerprint density at radius 2 is 2.15 bits per heavy atom. The van der Waals surface area contributed by atoms with Crippen molar-refractivity contribution >= 4 is 5.69 Å². The maximum Gasteiger partial charge on any atom is 0.294 e. The van der Waals surface area contributed by atoms with Gasteiger partial charge in [-0.2, -0.15) is 5.10 Å². The summed E-state index contributed by atoms with van der Waals surface area (Å²) in [6, 6.07) is 7.24. The van der Waals surface area contributed by atoms with Crippen molar-refractivity contribution in [3.8, 4) is 5.69 Å². The average molecular weight is 274 g/mol. The summed E-state index contributed by atoms with van der Waals surface area (Å²) in [6.07, 6.45) is 1.75. The molecular weight excluding hydrogens is 256 g/mol. The third kappa shape index (κ3) is 3.21. The van der Waals surface area contributed by atoms with E-state index >= 15 is 0 Å². The standard InChI is InChI=1S/C14H18N4O2/c1-10(2)15-9-12-6-7-17(16-12)14-8-11(3)4-5-13(14)18(19)20/h4-8,10,15H,9H2,1-3H3. The first-order chi connectivity index (χ1) is 9.47. The molecule has 0 bridgehead atoms. The van der Waals surface area contributed by atoms with Gasteiger partial charge in [0, 0.05) is 24.8 Å². The van der Waals surface area contributed by atoms with Crippen LogP contribution in [0.2, 0.25) is 0 Å². The Morgan fingerprint density at radius 3 is 2.80 bits per heavy atom. The molecule has 6 nitrogen and oxygen atoms in total. The van der Waals surface area contributed by atoms with Crippen LogP contribution >= 0.6 is 0 Å². The predicted molar refractivity (Wildman–Crippen MR) is 76.9 cm³/mol. The quantitative estimate of drug-likeness (QED) is 0.672. The van der Waals surface area contributed by atoms with Gasteiger partial charge >= 0.3 is 0 Å². The smallest absolute Gasteiger partial charge is 0.294 e. The number of hydrogen-bond acceptors (Lipinski definition) is 4.